The minimum absolute atomic E-state index is 0.920. The molecular formula is C22H44. The molecule has 0 aliphatic heterocycles. The zero-order valence-corrected chi connectivity index (χ0v) is 16.4. The number of allylic oxidation sites excluding steroid dienone is 2. The van der Waals surface area contributed by atoms with Gasteiger partial charge >= 0.3 is 0 Å². The Bertz CT molecular complexity index is 240. The summed E-state index contributed by atoms with van der Waals surface area (Å²) in [7, 11) is 0. The van der Waals surface area contributed by atoms with Gasteiger partial charge in [0.1, 0.15) is 0 Å². The molecule has 0 aliphatic rings. The molecule has 0 bridgehead atoms. The van der Waals surface area contributed by atoms with Crippen LogP contribution in [0.1, 0.15) is 112 Å². The number of rotatable bonds is 15. The lowest BCUT2D eigenvalue weighted by molar-refractivity contribution is 0.187. The Morgan fingerprint density at radius 2 is 1.36 bits per heavy atom. The molecule has 0 aromatic carbocycles. The molecule has 0 saturated carbocycles. The third kappa shape index (κ3) is 9.70. The molecule has 0 amide bonds. The Labute approximate surface area is 142 Å². The fourth-order valence-electron chi connectivity index (χ4n) is 4.15. The smallest absolute Gasteiger partial charge is 0.0320 e. The second kappa shape index (κ2) is 15.6. The molecule has 0 heteroatoms. The van der Waals surface area contributed by atoms with Gasteiger partial charge in [-0.3, -0.25) is 0 Å². The van der Waals surface area contributed by atoms with E-state index in [9.17, 15) is 0 Å². The summed E-state index contributed by atoms with van der Waals surface area (Å²) in [5, 5.41) is 0. The first-order valence-corrected chi connectivity index (χ1v) is 10.4. The molecule has 0 aromatic rings. The molecule has 0 aliphatic carbocycles. The molecule has 0 rings (SSSR count). The quantitative estimate of drug-likeness (QED) is 0.211. The van der Waals surface area contributed by atoms with E-state index in [-0.39, 0.29) is 0 Å². The summed E-state index contributed by atoms with van der Waals surface area (Å²) in [4.78, 5) is 0. The van der Waals surface area contributed by atoms with Crippen molar-refractivity contribution in [3.8, 4) is 0 Å². The van der Waals surface area contributed by atoms with Crippen molar-refractivity contribution in [3.05, 3.63) is 12.2 Å². The monoisotopic (exact) mass is 308 g/mol. The van der Waals surface area contributed by atoms with Gasteiger partial charge in [0.05, 0.1) is 0 Å². The summed E-state index contributed by atoms with van der Waals surface area (Å²) in [5.41, 5.74) is 0. The highest BCUT2D eigenvalue weighted by Gasteiger charge is 2.25. The van der Waals surface area contributed by atoms with E-state index in [1.54, 1.807) is 0 Å². The van der Waals surface area contributed by atoms with Gasteiger partial charge < -0.3 is 0 Å². The van der Waals surface area contributed by atoms with E-state index in [1.807, 2.05) is 0 Å². The Kier molecular flexibility index (Phi) is 15.4. The molecule has 0 spiro atoms. The van der Waals surface area contributed by atoms with Gasteiger partial charge in [0.2, 0.25) is 0 Å². The van der Waals surface area contributed by atoms with Crippen molar-refractivity contribution in [2.24, 2.45) is 17.8 Å². The van der Waals surface area contributed by atoms with Gasteiger partial charge in [-0.25, -0.2) is 0 Å². The predicted octanol–water partition coefficient (Wildman–Crippen LogP) is 8.17. The van der Waals surface area contributed by atoms with Gasteiger partial charge in [-0.15, -0.1) is 0 Å². The molecule has 132 valence electrons. The molecule has 0 saturated heterocycles. The van der Waals surface area contributed by atoms with Gasteiger partial charge in [-0.05, 0) is 37.5 Å². The van der Waals surface area contributed by atoms with E-state index < -0.39 is 0 Å². The van der Waals surface area contributed by atoms with E-state index in [2.05, 4.69) is 46.8 Å². The van der Waals surface area contributed by atoms with Crippen LogP contribution in [0.2, 0.25) is 0 Å². The summed E-state index contributed by atoms with van der Waals surface area (Å²) in [5.74, 6) is 2.81. The SMILES string of the molecule is CC=CCC(CCCCCCCC)C(CC)C(CC)CCC. The maximum Gasteiger partial charge on any atom is -0.0320 e. The van der Waals surface area contributed by atoms with Crippen LogP contribution in [0.4, 0.5) is 0 Å². The average Bonchev–Trinajstić information content (AvgIpc) is 2.54. The largest absolute Gasteiger partial charge is 0.0917 e. The lowest BCUT2D eigenvalue weighted by Gasteiger charge is -2.32. The van der Waals surface area contributed by atoms with E-state index in [0.29, 0.717) is 0 Å². The highest BCUT2D eigenvalue weighted by atomic mass is 14.3. The van der Waals surface area contributed by atoms with Crippen LogP contribution in [0, 0.1) is 17.8 Å². The van der Waals surface area contributed by atoms with Crippen LogP contribution in [0.25, 0.3) is 0 Å². The molecule has 0 fully saturated rings. The second-order valence-corrected chi connectivity index (χ2v) is 7.15. The summed E-state index contributed by atoms with van der Waals surface area (Å²) in [6.07, 6.45) is 21.5. The number of hydrogen-bond donors (Lipinski definition) is 0. The van der Waals surface area contributed by atoms with Gasteiger partial charge in [0.25, 0.3) is 0 Å². The summed E-state index contributed by atoms with van der Waals surface area (Å²) in [6, 6.07) is 0. The fourth-order valence-corrected chi connectivity index (χ4v) is 4.15. The van der Waals surface area contributed by atoms with Crippen molar-refractivity contribution in [1.82, 2.24) is 0 Å². The van der Waals surface area contributed by atoms with Gasteiger partial charge in [-0.1, -0.05) is 104 Å². The highest BCUT2D eigenvalue weighted by molar-refractivity contribution is 4.85. The number of hydrogen-bond acceptors (Lipinski definition) is 0. The predicted molar refractivity (Wildman–Crippen MR) is 103 cm³/mol. The van der Waals surface area contributed by atoms with Crippen LogP contribution < -0.4 is 0 Å². The van der Waals surface area contributed by atoms with E-state index in [4.69, 9.17) is 0 Å². The Hall–Kier alpha value is -0.260. The maximum atomic E-state index is 2.42. The van der Waals surface area contributed by atoms with Crippen LogP contribution in [0.15, 0.2) is 12.2 Å². The molecular weight excluding hydrogens is 264 g/mol. The third-order valence-electron chi connectivity index (χ3n) is 5.47. The average molecular weight is 309 g/mol. The summed E-state index contributed by atoms with van der Waals surface area (Å²) in [6.45, 7) is 11.7. The van der Waals surface area contributed by atoms with Gasteiger partial charge in [0.15, 0.2) is 0 Å². The van der Waals surface area contributed by atoms with Gasteiger partial charge in [-0.2, -0.15) is 0 Å². The molecule has 0 aromatic heterocycles. The normalized spacial score (nSPS) is 16.0. The molecule has 0 nitrogen and oxygen atoms in total. The van der Waals surface area contributed by atoms with Crippen LogP contribution in [-0.4, -0.2) is 0 Å². The van der Waals surface area contributed by atoms with Crippen molar-refractivity contribution in [3.63, 3.8) is 0 Å². The molecule has 0 radical (unpaired) electrons. The molecule has 3 unspecified atom stereocenters. The van der Waals surface area contributed by atoms with Crippen LogP contribution >= 0.6 is 0 Å². The molecule has 22 heavy (non-hydrogen) atoms. The Morgan fingerprint density at radius 1 is 0.682 bits per heavy atom. The van der Waals surface area contributed by atoms with Crippen molar-refractivity contribution in [2.75, 3.05) is 0 Å². The van der Waals surface area contributed by atoms with Crippen LogP contribution in [-0.2, 0) is 0 Å². The summed E-state index contributed by atoms with van der Waals surface area (Å²) < 4.78 is 0. The lowest BCUT2D eigenvalue weighted by Crippen LogP contribution is -2.23. The maximum absolute atomic E-state index is 2.42. The minimum Gasteiger partial charge on any atom is -0.0917 e. The van der Waals surface area contributed by atoms with Crippen LogP contribution in [0.5, 0.6) is 0 Å². The summed E-state index contributed by atoms with van der Waals surface area (Å²) >= 11 is 0. The molecule has 3 atom stereocenters. The topological polar surface area (TPSA) is 0 Å². The fraction of sp³-hybridized carbons (Fsp3) is 0.909. The Morgan fingerprint density at radius 3 is 1.91 bits per heavy atom. The van der Waals surface area contributed by atoms with Crippen molar-refractivity contribution < 1.29 is 0 Å². The molecule has 0 N–H and O–H groups in total. The first-order valence-electron chi connectivity index (χ1n) is 10.4. The van der Waals surface area contributed by atoms with Gasteiger partial charge in [0, 0.05) is 0 Å². The van der Waals surface area contributed by atoms with E-state index in [1.165, 1.54) is 77.0 Å². The lowest BCUT2D eigenvalue weighted by atomic mass is 9.73. The number of unbranched alkanes of at least 4 members (excludes halogenated alkanes) is 5. The molecule has 0 heterocycles. The minimum atomic E-state index is 0.920. The zero-order valence-electron chi connectivity index (χ0n) is 16.4. The van der Waals surface area contributed by atoms with E-state index >= 15 is 0 Å². The van der Waals surface area contributed by atoms with Crippen molar-refractivity contribution in [2.45, 2.75) is 112 Å². The zero-order chi connectivity index (χ0) is 16.6. The second-order valence-electron chi connectivity index (χ2n) is 7.15. The Balaban J connectivity index is 4.43. The first kappa shape index (κ1) is 21.7. The standard InChI is InChI=1S/C22H44/c1-6-11-13-14-15-16-19-21(18-12-7-2)22(10-5)20(9-4)17-8-3/h7,12,20-22H,6,8-11,13-19H2,1-5H3. The first-order chi connectivity index (χ1) is 10.7. The van der Waals surface area contributed by atoms with E-state index in [0.717, 1.165) is 17.8 Å². The van der Waals surface area contributed by atoms with Crippen molar-refractivity contribution in [1.29, 1.82) is 0 Å². The third-order valence-corrected chi connectivity index (χ3v) is 5.47. The van der Waals surface area contributed by atoms with Crippen molar-refractivity contribution >= 4 is 0 Å². The van der Waals surface area contributed by atoms with Crippen LogP contribution in [0.3, 0.4) is 0 Å². The highest BCUT2D eigenvalue weighted by Crippen LogP contribution is 2.35.